The predicted octanol–water partition coefficient (Wildman–Crippen LogP) is 3.58. The van der Waals surface area contributed by atoms with Crippen LogP contribution in [0.4, 0.5) is 0 Å². The van der Waals surface area contributed by atoms with Crippen LogP contribution >= 0.6 is 0 Å². The maximum Gasteiger partial charge on any atom is 0.0602 e. The van der Waals surface area contributed by atoms with Gasteiger partial charge in [0, 0.05) is 26.2 Å². The van der Waals surface area contributed by atoms with Crippen LogP contribution in [0.3, 0.4) is 0 Å². The number of benzene rings is 1. The Labute approximate surface area is 129 Å². The van der Waals surface area contributed by atoms with Crippen molar-refractivity contribution in [2.45, 2.75) is 13.0 Å². The van der Waals surface area contributed by atoms with Gasteiger partial charge in [0.05, 0.1) is 6.04 Å². The third-order valence-electron chi connectivity index (χ3n) is 4.16. The zero-order chi connectivity index (χ0) is 15.2. The van der Waals surface area contributed by atoms with E-state index in [0.29, 0.717) is 0 Å². The minimum Gasteiger partial charge on any atom is -0.304 e. The summed E-state index contributed by atoms with van der Waals surface area (Å²) in [5.41, 5.74) is 3.85. The average molecular weight is 282 g/mol. The SMILES string of the molecule is C=C/C=C(\C=C)C(c1ccc(C)cc1)N1CCN(C)CC1. The molecule has 0 saturated carbocycles. The van der Waals surface area contributed by atoms with Crippen LogP contribution in [0.2, 0.25) is 0 Å². The van der Waals surface area contributed by atoms with Gasteiger partial charge in [-0.2, -0.15) is 0 Å². The Morgan fingerprint density at radius 3 is 2.24 bits per heavy atom. The van der Waals surface area contributed by atoms with Crippen molar-refractivity contribution in [3.8, 4) is 0 Å². The summed E-state index contributed by atoms with van der Waals surface area (Å²) in [6.07, 6.45) is 5.90. The molecule has 1 aliphatic rings. The summed E-state index contributed by atoms with van der Waals surface area (Å²) in [6, 6.07) is 9.12. The molecule has 1 aliphatic heterocycles. The molecule has 0 radical (unpaired) electrons. The highest BCUT2D eigenvalue weighted by molar-refractivity contribution is 5.36. The molecule has 1 fully saturated rings. The Morgan fingerprint density at radius 1 is 1.10 bits per heavy atom. The monoisotopic (exact) mass is 282 g/mol. The first-order valence-corrected chi connectivity index (χ1v) is 7.60. The lowest BCUT2D eigenvalue weighted by Gasteiger charge is -2.39. The molecule has 21 heavy (non-hydrogen) atoms. The second-order valence-electron chi connectivity index (χ2n) is 5.76. The zero-order valence-corrected chi connectivity index (χ0v) is 13.3. The standard InChI is InChI=1S/C19H26N2/c1-5-7-17(6-2)19(18-10-8-16(3)9-11-18)21-14-12-20(4)13-15-21/h5-11,19H,1-2,12-15H2,3-4H3/b17-7+. The van der Waals surface area contributed by atoms with Crippen molar-refractivity contribution in [2.75, 3.05) is 33.2 Å². The molecule has 0 N–H and O–H groups in total. The molecule has 0 aromatic heterocycles. The number of allylic oxidation sites excluding steroid dienone is 2. The number of aryl methyl sites for hydroxylation is 1. The highest BCUT2D eigenvalue weighted by Crippen LogP contribution is 2.30. The van der Waals surface area contributed by atoms with Gasteiger partial charge in [0.25, 0.3) is 0 Å². The number of nitrogens with zero attached hydrogens (tertiary/aromatic N) is 2. The van der Waals surface area contributed by atoms with Gasteiger partial charge in [-0.15, -0.1) is 0 Å². The minimum atomic E-state index is 0.273. The maximum atomic E-state index is 4.00. The normalized spacial score (nSPS) is 19.2. The van der Waals surface area contributed by atoms with E-state index in [1.54, 1.807) is 0 Å². The number of hydrogen-bond acceptors (Lipinski definition) is 2. The Morgan fingerprint density at radius 2 is 1.71 bits per heavy atom. The van der Waals surface area contributed by atoms with Crippen molar-refractivity contribution in [2.24, 2.45) is 0 Å². The van der Waals surface area contributed by atoms with Gasteiger partial charge < -0.3 is 4.90 Å². The summed E-state index contributed by atoms with van der Waals surface area (Å²) in [6.45, 7) is 14.4. The van der Waals surface area contributed by atoms with Crippen LogP contribution in [0.1, 0.15) is 17.2 Å². The van der Waals surface area contributed by atoms with Crippen LogP contribution < -0.4 is 0 Å². The first-order chi connectivity index (χ1) is 10.2. The van der Waals surface area contributed by atoms with Gasteiger partial charge in [-0.25, -0.2) is 0 Å². The van der Waals surface area contributed by atoms with Gasteiger partial charge in [0.2, 0.25) is 0 Å². The Kier molecular flexibility index (Phi) is 5.54. The molecule has 0 bridgehead atoms. The van der Waals surface area contributed by atoms with E-state index >= 15 is 0 Å². The number of likely N-dealkylation sites (N-methyl/N-ethyl adjacent to an activating group) is 1. The Hall–Kier alpha value is -1.64. The van der Waals surface area contributed by atoms with E-state index in [1.165, 1.54) is 16.7 Å². The number of hydrogen-bond donors (Lipinski definition) is 0. The Balaban J connectivity index is 2.34. The van der Waals surface area contributed by atoms with Gasteiger partial charge >= 0.3 is 0 Å². The fourth-order valence-electron chi connectivity index (χ4n) is 2.85. The fourth-order valence-corrected chi connectivity index (χ4v) is 2.85. The van der Waals surface area contributed by atoms with Crippen LogP contribution in [0.25, 0.3) is 0 Å². The average Bonchev–Trinajstić information content (AvgIpc) is 2.50. The molecule has 1 aromatic rings. The molecule has 0 amide bonds. The van der Waals surface area contributed by atoms with E-state index in [1.807, 2.05) is 12.2 Å². The van der Waals surface area contributed by atoms with Crippen molar-refractivity contribution in [3.63, 3.8) is 0 Å². The van der Waals surface area contributed by atoms with E-state index in [4.69, 9.17) is 0 Å². The molecule has 112 valence electrons. The first kappa shape index (κ1) is 15.7. The van der Waals surface area contributed by atoms with E-state index < -0.39 is 0 Å². The van der Waals surface area contributed by atoms with Crippen LogP contribution in [0.15, 0.2) is 61.2 Å². The van der Waals surface area contributed by atoms with E-state index in [-0.39, 0.29) is 6.04 Å². The van der Waals surface area contributed by atoms with Crippen molar-refractivity contribution < 1.29 is 0 Å². The smallest absolute Gasteiger partial charge is 0.0602 e. The predicted molar refractivity (Wildman–Crippen MR) is 91.5 cm³/mol. The first-order valence-electron chi connectivity index (χ1n) is 7.60. The molecule has 1 unspecified atom stereocenters. The van der Waals surface area contributed by atoms with Crippen LogP contribution in [0, 0.1) is 6.92 Å². The maximum absolute atomic E-state index is 4.00. The minimum absolute atomic E-state index is 0.273. The molecule has 1 heterocycles. The quantitative estimate of drug-likeness (QED) is 0.762. The summed E-state index contributed by atoms with van der Waals surface area (Å²) in [4.78, 5) is 4.93. The van der Waals surface area contributed by atoms with Crippen LogP contribution in [0.5, 0.6) is 0 Å². The highest BCUT2D eigenvalue weighted by Gasteiger charge is 2.25. The zero-order valence-electron chi connectivity index (χ0n) is 13.3. The third-order valence-corrected chi connectivity index (χ3v) is 4.16. The molecular formula is C19H26N2. The second-order valence-corrected chi connectivity index (χ2v) is 5.76. The molecular weight excluding hydrogens is 256 g/mol. The summed E-state index contributed by atoms with van der Waals surface area (Å²) >= 11 is 0. The van der Waals surface area contributed by atoms with Gasteiger partial charge in [0.15, 0.2) is 0 Å². The third kappa shape index (κ3) is 3.93. The lowest BCUT2D eigenvalue weighted by Crippen LogP contribution is -2.46. The lowest BCUT2D eigenvalue weighted by molar-refractivity contribution is 0.127. The largest absolute Gasteiger partial charge is 0.304 e. The van der Waals surface area contributed by atoms with Crippen molar-refractivity contribution in [1.82, 2.24) is 9.80 Å². The summed E-state index contributed by atoms with van der Waals surface area (Å²) < 4.78 is 0. The molecule has 1 saturated heterocycles. The van der Waals surface area contributed by atoms with Crippen LogP contribution in [-0.4, -0.2) is 43.0 Å². The molecule has 2 heteroatoms. The van der Waals surface area contributed by atoms with Crippen LogP contribution in [-0.2, 0) is 0 Å². The van der Waals surface area contributed by atoms with E-state index in [2.05, 4.69) is 67.3 Å². The van der Waals surface area contributed by atoms with E-state index in [0.717, 1.165) is 26.2 Å². The molecule has 2 nitrogen and oxygen atoms in total. The van der Waals surface area contributed by atoms with Gasteiger partial charge in [-0.05, 0) is 25.1 Å². The number of rotatable bonds is 5. The highest BCUT2D eigenvalue weighted by atomic mass is 15.3. The van der Waals surface area contributed by atoms with Crippen molar-refractivity contribution in [3.05, 3.63) is 72.4 Å². The lowest BCUT2D eigenvalue weighted by atomic mass is 9.95. The molecule has 0 spiro atoms. The summed E-state index contributed by atoms with van der Waals surface area (Å²) in [5.74, 6) is 0. The van der Waals surface area contributed by atoms with Gasteiger partial charge in [-0.1, -0.05) is 61.2 Å². The number of piperazine rings is 1. The fraction of sp³-hybridized carbons (Fsp3) is 0.368. The van der Waals surface area contributed by atoms with E-state index in [9.17, 15) is 0 Å². The Bertz CT molecular complexity index is 505. The second kappa shape index (κ2) is 7.39. The molecule has 2 rings (SSSR count). The molecule has 1 aromatic carbocycles. The van der Waals surface area contributed by atoms with Gasteiger partial charge in [-0.3, -0.25) is 4.90 Å². The van der Waals surface area contributed by atoms with Crippen molar-refractivity contribution in [1.29, 1.82) is 0 Å². The van der Waals surface area contributed by atoms with Gasteiger partial charge in [0.1, 0.15) is 0 Å². The molecule has 1 atom stereocenters. The topological polar surface area (TPSA) is 6.48 Å². The van der Waals surface area contributed by atoms with Crippen molar-refractivity contribution >= 4 is 0 Å². The summed E-state index contributed by atoms with van der Waals surface area (Å²) in [7, 11) is 2.19. The summed E-state index contributed by atoms with van der Waals surface area (Å²) in [5, 5.41) is 0. The molecule has 0 aliphatic carbocycles.